The molecule has 1 aromatic rings. The second-order valence-corrected chi connectivity index (χ2v) is 3.70. The van der Waals surface area contributed by atoms with Crippen molar-refractivity contribution >= 4 is 17.7 Å². The number of aliphatic hydroxyl groups is 1. The van der Waals surface area contributed by atoms with E-state index in [1.165, 1.54) is 0 Å². The molecule has 0 amide bonds. The van der Waals surface area contributed by atoms with Gasteiger partial charge in [-0.3, -0.25) is 0 Å². The van der Waals surface area contributed by atoms with Gasteiger partial charge < -0.3 is 10.2 Å². The number of carboxylic acid groups (broad SMARTS) is 1. The predicted molar refractivity (Wildman–Crippen MR) is 50.7 cm³/mol. The normalized spacial score (nSPS) is 12.5. The van der Waals surface area contributed by atoms with Crippen LogP contribution in [0.4, 0.5) is 0 Å². The van der Waals surface area contributed by atoms with Crippen molar-refractivity contribution < 1.29 is 15.0 Å². The Hall–Kier alpha value is -1.00. The zero-order valence-corrected chi connectivity index (χ0v) is 7.91. The molecule has 70 valence electrons. The van der Waals surface area contributed by atoms with Gasteiger partial charge in [0.2, 0.25) is 5.44 Å². The van der Waals surface area contributed by atoms with Crippen LogP contribution in [0.15, 0.2) is 29.2 Å². The molecular formula is C9H10O3S. The van der Waals surface area contributed by atoms with Gasteiger partial charge in [0.1, 0.15) is 0 Å². The third kappa shape index (κ3) is 2.75. The topological polar surface area (TPSA) is 57.5 Å². The fourth-order valence-corrected chi connectivity index (χ4v) is 1.61. The fourth-order valence-electron chi connectivity index (χ4n) is 0.859. The van der Waals surface area contributed by atoms with E-state index in [0.717, 1.165) is 22.2 Å². The maximum atomic E-state index is 10.3. The number of hydrogen-bond acceptors (Lipinski definition) is 3. The Morgan fingerprint density at radius 3 is 2.62 bits per heavy atom. The number of carbonyl (C=O) groups is 1. The van der Waals surface area contributed by atoms with Crippen LogP contribution in [0.3, 0.4) is 0 Å². The summed E-state index contributed by atoms with van der Waals surface area (Å²) in [6.45, 7) is 1.87. The average Bonchev–Trinajstić information content (AvgIpc) is 2.08. The maximum Gasteiger partial charge on any atom is 0.343 e. The number of aliphatic hydroxyl groups excluding tert-OH is 1. The molecule has 0 radical (unpaired) electrons. The van der Waals surface area contributed by atoms with Gasteiger partial charge in [0, 0.05) is 4.90 Å². The van der Waals surface area contributed by atoms with Gasteiger partial charge in [-0.05, 0) is 18.6 Å². The van der Waals surface area contributed by atoms with Gasteiger partial charge in [-0.2, -0.15) is 0 Å². The van der Waals surface area contributed by atoms with Crippen molar-refractivity contribution in [3.63, 3.8) is 0 Å². The highest BCUT2D eigenvalue weighted by molar-refractivity contribution is 8.00. The first-order chi connectivity index (χ1) is 6.11. The molecule has 0 heterocycles. The Kier molecular flexibility index (Phi) is 3.33. The highest BCUT2D eigenvalue weighted by Crippen LogP contribution is 2.24. The molecule has 0 saturated carbocycles. The number of rotatable bonds is 3. The molecule has 0 aliphatic carbocycles. The molecule has 0 bridgehead atoms. The Labute approximate surface area is 80.4 Å². The Bertz CT molecular complexity index is 311. The van der Waals surface area contributed by atoms with Gasteiger partial charge in [-0.1, -0.05) is 30.0 Å². The summed E-state index contributed by atoms with van der Waals surface area (Å²) in [7, 11) is 0. The number of aryl methyl sites for hydroxylation is 1. The minimum Gasteiger partial charge on any atom is -0.479 e. The van der Waals surface area contributed by atoms with Gasteiger partial charge in [0.05, 0.1) is 0 Å². The van der Waals surface area contributed by atoms with Crippen LogP contribution in [0, 0.1) is 6.92 Å². The van der Waals surface area contributed by atoms with E-state index in [9.17, 15) is 4.79 Å². The van der Waals surface area contributed by atoms with Crippen LogP contribution in [-0.2, 0) is 4.79 Å². The van der Waals surface area contributed by atoms with E-state index in [2.05, 4.69) is 0 Å². The second kappa shape index (κ2) is 4.30. The van der Waals surface area contributed by atoms with Gasteiger partial charge >= 0.3 is 5.97 Å². The van der Waals surface area contributed by atoms with E-state index >= 15 is 0 Å². The van der Waals surface area contributed by atoms with E-state index in [1.807, 2.05) is 25.1 Å². The summed E-state index contributed by atoms with van der Waals surface area (Å²) in [6.07, 6.45) is 0. The molecule has 2 N–H and O–H groups in total. The fraction of sp³-hybridized carbons (Fsp3) is 0.222. The lowest BCUT2D eigenvalue weighted by Crippen LogP contribution is -2.14. The van der Waals surface area contributed by atoms with E-state index in [4.69, 9.17) is 10.2 Å². The molecule has 0 fully saturated rings. The molecule has 1 unspecified atom stereocenters. The van der Waals surface area contributed by atoms with Gasteiger partial charge in [0.15, 0.2) is 0 Å². The van der Waals surface area contributed by atoms with Crippen LogP contribution in [0.5, 0.6) is 0 Å². The van der Waals surface area contributed by atoms with Crippen molar-refractivity contribution in [3.8, 4) is 0 Å². The summed E-state index contributed by atoms with van der Waals surface area (Å²) < 4.78 is 0. The molecule has 0 spiro atoms. The largest absolute Gasteiger partial charge is 0.479 e. The van der Waals surface area contributed by atoms with E-state index in [-0.39, 0.29) is 0 Å². The first-order valence-corrected chi connectivity index (χ1v) is 4.62. The summed E-state index contributed by atoms with van der Waals surface area (Å²) >= 11 is 0.934. The van der Waals surface area contributed by atoms with Crippen molar-refractivity contribution in [3.05, 3.63) is 29.8 Å². The SMILES string of the molecule is Cc1ccccc1SC(O)C(=O)O. The first kappa shape index (κ1) is 10.1. The predicted octanol–water partition coefficient (Wildman–Crippen LogP) is 1.49. The number of benzene rings is 1. The molecule has 1 rings (SSSR count). The van der Waals surface area contributed by atoms with Crippen LogP contribution < -0.4 is 0 Å². The lowest BCUT2D eigenvalue weighted by Gasteiger charge is -2.06. The van der Waals surface area contributed by atoms with E-state index in [0.29, 0.717) is 0 Å². The zero-order valence-electron chi connectivity index (χ0n) is 7.10. The third-order valence-electron chi connectivity index (χ3n) is 1.54. The van der Waals surface area contributed by atoms with Crippen LogP contribution in [0.25, 0.3) is 0 Å². The van der Waals surface area contributed by atoms with Crippen LogP contribution >= 0.6 is 11.8 Å². The number of aliphatic carboxylic acids is 1. The highest BCUT2D eigenvalue weighted by atomic mass is 32.2. The summed E-state index contributed by atoms with van der Waals surface area (Å²) in [5.41, 5.74) is -0.422. The first-order valence-electron chi connectivity index (χ1n) is 3.74. The van der Waals surface area contributed by atoms with Crippen molar-refractivity contribution in [2.45, 2.75) is 17.3 Å². The lowest BCUT2D eigenvalue weighted by molar-refractivity contribution is -0.141. The van der Waals surface area contributed by atoms with Gasteiger partial charge in [-0.15, -0.1) is 0 Å². The number of thioether (sulfide) groups is 1. The molecule has 0 aliphatic heterocycles. The zero-order chi connectivity index (χ0) is 9.84. The highest BCUT2D eigenvalue weighted by Gasteiger charge is 2.14. The average molecular weight is 198 g/mol. The Morgan fingerprint density at radius 1 is 1.46 bits per heavy atom. The molecule has 0 saturated heterocycles. The Morgan fingerprint density at radius 2 is 2.08 bits per heavy atom. The molecule has 3 nitrogen and oxygen atoms in total. The maximum absolute atomic E-state index is 10.3. The number of carboxylic acids is 1. The van der Waals surface area contributed by atoms with Gasteiger partial charge in [-0.25, -0.2) is 4.79 Å². The monoisotopic (exact) mass is 198 g/mol. The van der Waals surface area contributed by atoms with E-state index in [1.54, 1.807) is 6.07 Å². The van der Waals surface area contributed by atoms with Gasteiger partial charge in [0.25, 0.3) is 0 Å². The molecule has 4 heteroatoms. The summed E-state index contributed by atoms with van der Waals surface area (Å²) in [5, 5.41) is 17.5. The molecule has 1 atom stereocenters. The molecular weight excluding hydrogens is 188 g/mol. The molecule has 1 aromatic carbocycles. The Balaban J connectivity index is 2.74. The smallest absolute Gasteiger partial charge is 0.343 e. The van der Waals surface area contributed by atoms with Crippen molar-refractivity contribution in [1.29, 1.82) is 0 Å². The van der Waals surface area contributed by atoms with Crippen molar-refractivity contribution in [1.82, 2.24) is 0 Å². The molecule has 0 aromatic heterocycles. The summed E-state index contributed by atoms with van der Waals surface area (Å²) in [6, 6.07) is 7.33. The van der Waals surface area contributed by atoms with Crippen molar-refractivity contribution in [2.24, 2.45) is 0 Å². The lowest BCUT2D eigenvalue weighted by atomic mass is 10.2. The molecule has 0 aliphatic rings. The van der Waals surface area contributed by atoms with Crippen molar-refractivity contribution in [2.75, 3.05) is 0 Å². The third-order valence-corrected chi connectivity index (χ3v) is 2.68. The quantitative estimate of drug-likeness (QED) is 0.570. The summed E-state index contributed by atoms with van der Waals surface area (Å²) in [4.78, 5) is 11.1. The van der Waals surface area contributed by atoms with Crippen LogP contribution in [-0.4, -0.2) is 21.6 Å². The minimum atomic E-state index is -1.39. The standard InChI is InChI=1S/C9H10O3S/c1-6-4-2-3-5-7(6)13-9(12)8(10)11/h2-5,9,12H,1H3,(H,10,11). The minimum absolute atomic E-state index is 0.789. The molecule has 13 heavy (non-hydrogen) atoms. The van der Waals surface area contributed by atoms with E-state index < -0.39 is 11.4 Å². The summed E-state index contributed by atoms with van der Waals surface area (Å²) in [5.74, 6) is -1.21. The van der Waals surface area contributed by atoms with Crippen LogP contribution in [0.2, 0.25) is 0 Å². The van der Waals surface area contributed by atoms with Crippen LogP contribution in [0.1, 0.15) is 5.56 Å². The second-order valence-electron chi connectivity index (χ2n) is 2.57. The number of hydrogen-bond donors (Lipinski definition) is 2.